The van der Waals surface area contributed by atoms with Crippen molar-refractivity contribution < 1.29 is 14.6 Å². The van der Waals surface area contributed by atoms with E-state index in [1.807, 2.05) is 6.92 Å². The van der Waals surface area contributed by atoms with Gasteiger partial charge in [0.15, 0.2) is 11.3 Å². The molecule has 0 radical (unpaired) electrons. The number of rotatable bonds is 2. The molecular formula is C9H9N3O3. The highest BCUT2D eigenvalue weighted by molar-refractivity contribution is 5.92. The molecule has 0 unspecified atom stereocenters. The fourth-order valence-corrected chi connectivity index (χ4v) is 1.35. The Morgan fingerprint density at radius 1 is 1.60 bits per heavy atom. The van der Waals surface area contributed by atoms with Crippen LogP contribution in [0.2, 0.25) is 0 Å². The second kappa shape index (κ2) is 3.23. The fraction of sp³-hybridized carbons (Fsp3) is 0.222. The van der Waals surface area contributed by atoms with Crippen molar-refractivity contribution in [2.75, 3.05) is 7.11 Å². The van der Waals surface area contributed by atoms with E-state index in [-0.39, 0.29) is 5.69 Å². The molecule has 0 aliphatic heterocycles. The molecule has 2 heterocycles. The molecular weight excluding hydrogens is 198 g/mol. The molecule has 0 atom stereocenters. The molecule has 2 aromatic heterocycles. The zero-order valence-corrected chi connectivity index (χ0v) is 8.26. The average molecular weight is 207 g/mol. The number of carbonyl (C=O) groups is 1. The quantitative estimate of drug-likeness (QED) is 0.786. The zero-order chi connectivity index (χ0) is 11.0. The second-order valence-electron chi connectivity index (χ2n) is 3.03. The van der Waals surface area contributed by atoms with Crippen molar-refractivity contribution in [2.45, 2.75) is 6.92 Å². The van der Waals surface area contributed by atoms with E-state index in [0.29, 0.717) is 11.5 Å². The number of aryl methyl sites for hydroxylation is 1. The standard InChI is InChI=1S/C9H9N3O3/c1-5-3-6(15-2)11-8-7(9(13)14)10-4-12(5)8/h3-4H,1-2H3,(H,13,14). The first kappa shape index (κ1) is 9.45. The predicted octanol–water partition coefficient (Wildman–Crippen LogP) is 0.745. The number of fused-ring (bicyclic) bond motifs is 1. The van der Waals surface area contributed by atoms with Crippen LogP contribution in [0.15, 0.2) is 12.4 Å². The van der Waals surface area contributed by atoms with Crippen LogP contribution < -0.4 is 4.74 Å². The predicted molar refractivity (Wildman–Crippen MR) is 51.2 cm³/mol. The average Bonchev–Trinajstić information content (AvgIpc) is 2.61. The lowest BCUT2D eigenvalue weighted by molar-refractivity contribution is 0.0693. The third-order valence-electron chi connectivity index (χ3n) is 2.08. The first-order valence-corrected chi connectivity index (χ1v) is 4.25. The number of ether oxygens (including phenoxy) is 1. The largest absolute Gasteiger partial charge is 0.481 e. The minimum absolute atomic E-state index is 0.0722. The Balaban J connectivity index is 2.78. The molecule has 78 valence electrons. The molecule has 0 amide bonds. The van der Waals surface area contributed by atoms with Crippen LogP contribution in [0.3, 0.4) is 0 Å². The summed E-state index contributed by atoms with van der Waals surface area (Å²) in [6, 6.07) is 1.71. The number of hydrogen-bond donors (Lipinski definition) is 1. The lowest BCUT2D eigenvalue weighted by atomic mass is 10.4. The third kappa shape index (κ3) is 1.39. The number of aromatic nitrogens is 3. The van der Waals surface area contributed by atoms with Gasteiger partial charge in [0.1, 0.15) is 6.33 Å². The van der Waals surface area contributed by atoms with Crippen LogP contribution in [0.1, 0.15) is 16.2 Å². The topological polar surface area (TPSA) is 76.7 Å². The molecule has 0 saturated carbocycles. The number of carboxylic acids is 1. The summed E-state index contributed by atoms with van der Waals surface area (Å²) in [6.45, 7) is 1.82. The second-order valence-corrected chi connectivity index (χ2v) is 3.03. The lowest BCUT2D eigenvalue weighted by Gasteiger charge is -2.03. The number of hydrogen-bond acceptors (Lipinski definition) is 4. The molecule has 6 heteroatoms. The Bertz CT molecular complexity index is 533. The van der Waals surface area contributed by atoms with E-state index in [1.165, 1.54) is 13.4 Å². The monoisotopic (exact) mass is 207 g/mol. The summed E-state index contributed by atoms with van der Waals surface area (Å²) in [6.07, 6.45) is 1.43. The van der Waals surface area contributed by atoms with Gasteiger partial charge in [-0.15, -0.1) is 0 Å². The van der Waals surface area contributed by atoms with Gasteiger partial charge in [-0.2, -0.15) is 4.98 Å². The van der Waals surface area contributed by atoms with Gasteiger partial charge in [0, 0.05) is 11.8 Å². The highest BCUT2D eigenvalue weighted by atomic mass is 16.5. The van der Waals surface area contributed by atoms with Gasteiger partial charge in [-0.1, -0.05) is 0 Å². The molecule has 1 N–H and O–H groups in total. The summed E-state index contributed by atoms with van der Waals surface area (Å²) in [5.41, 5.74) is 1.04. The summed E-state index contributed by atoms with van der Waals surface area (Å²) in [5, 5.41) is 8.87. The van der Waals surface area contributed by atoms with Crippen LogP contribution in [0, 0.1) is 6.92 Å². The van der Waals surface area contributed by atoms with E-state index in [1.54, 1.807) is 10.5 Å². The SMILES string of the molecule is COc1cc(C)n2cnc(C(=O)O)c2n1. The number of imidazole rings is 1. The smallest absolute Gasteiger partial charge is 0.358 e. The van der Waals surface area contributed by atoms with Crippen molar-refractivity contribution in [1.82, 2.24) is 14.4 Å². The highest BCUT2D eigenvalue weighted by Crippen LogP contribution is 2.15. The van der Waals surface area contributed by atoms with Crippen molar-refractivity contribution >= 4 is 11.6 Å². The summed E-state index contributed by atoms with van der Waals surface area (Å²) in [5.74, 6) is -0.722. The number of methoxy groups -OCH3 is 1. The van der Waals surface area contributed by atoms with Gasteiger partial charge in [0.2, 0.25) is 5.88 Å². The molecule has 0 bridgehead atoms. The molecule has 0 fully saturated rings. The van der Waals surface area contributed by atoms with E-state index in [0.717, 1.165) is 5.69 Å². The minimum atomic E-state index is -1.10. The van der Waals surface area contributed by atoms with E-state index in [2.05, 4.69) is 9.97 Å². The van der Waals surface area contributed by atoms with Crippen LogP contribution in [-0.4, -0.2) is 32.6 Å². The maximum absolute atomic E-state index is 10.8. The van der Waals surface area contributed by atoms with Crippen LogP contribution in [0.5, 0.6) is 5.88 Å². The Kier molecular flexibility index (Phi) is 2.03. The van der Waals surface area contributed by atoms with Crippen LogP contribution >= 0.6 is 0 Å². The third-order valence-corrected chi connectivity index (χ3v) is 2.08. The molecule has 0 spiro atoms. The minimum Gasteiger partial charge on any atom is -0.481 e. The molecule has 6 nitrogen and oxygen atoms in total. The van der Waals surface area contributed by atoms with Crippen molar-refractivity contribution in [3.8, 4) is 5.88 Å². The van der Waals surface area contributed by atoms with E-state index < -0.39 is 5.97 Å². The Morgan fingerprint density at radius 3 is 2.93 bits per heavy atom. The lowest BCUT2D eigenvalue weighted by Crippen LogP contribution is -2.01. The zero-order valence-electron chi connectivity index (χ0n) is 8.26. The molecule has 0 saturated heterocycles. The van der Waals surface area contributed by atoms with Gasteiger partial charge in [0.05, 0.1) is 7.11 Å². The van der Waals surface area contributed by atoms with Gasteiger partial charge in [-0.05, 0) is 6.92 Å². The number of carboxylic acid groups (broad SMARTS) is 1. The first-order chi connectivity index (χ1) is 7.13. The van der Waals surface area contributed by atoms with Crippen molar-refractivity contribution in [2.24, 2.45) is 0 Å². The van der Waals surface area contributed by atoms with E-state index in [9.17, 15) is 4.79 Å². The van der Waals surface area contributed by atoms with Crippen molar-refractivity contribution in [3.63, 3.8) is 0 Å². The molecule has 2 rings (SSSR count). The first-order valence-electron chi connectivity index (χ1n) is 4.25. The Labute approximate surface area is 85.2 Å². The molecule has 0 aliphatic carbocycles. The van der Waals surface area contributed by atoms with Crippen molar-refractivity contribution in [3.05, 3.63) is 23.8 Å². The van der Waals surface area contributed by atoms with E-state index >= 15 is 0 Å². The van der Waals surface area contributed by atoms with E-state index in [4.69, 9.17) is 9.84 Å². The number of nitrogens with zero attached hydrogens (tertiary/aromatic N) is 3. The van der Waals surface area contributed by atoms with Gasteiger partial charge >= 0.3 is 5.97 Å². The van der Waals surface area contributed by atoms with Gasteiger partial charge in [-0.3, -0.25) is 4.40 Å². The van der Waals surface area contributed by atoms with Crippen molar-refractivity contribution in [1.29, 1.82) is 0 Å². The highest BCUT2D eigenvalue weighted by Gasteiger charge is 2.15. The summed E-state index contributed by atoms with van der Waals surface area (Å²) in [4.78, 5) is 18.6. The summed E-state index contributed by atoms with van der Waals surface area (Å²) in [7, 11) is 1.48. The van der Waals surface area contributed by atoms with Crippen LogP contribution in [-0.2, 0) is 0 Å². The summed E-state index contributed by atoms with van der Waals surface area (Å²) >= 11 is 0. The maximum Gasteiger partial charge on any atom is 0.358 e. The maximum atomic E-state index is 10.8. The fourth-order valence-electron chi connectivity index (χ4n) is 1.35. The summed E-state index contributed by atoms with van der Waals surface area (Å²) < 4.78 is 6.57. The normalized spacial score (nSPS) is 10.5. The Hall–Kier alpha value is -2.11. The molecule has 0 aromatic carbocycles. The molecule has 0 aliphatic rings. The van der Waals surface area contributed by atoms with Gasteiger partial charge in [0.25, 0.3) is 0 Å². The van der Waals surface area contributed by atoms with Crippen LogP contribution in [0.4, 0.5) is 0 Å². The van der Waals surface area contributed by atoms with Gasteiger partial charge in [-0.25, -0.2) is 9.78 Å². The molecule has 15 heavy (non-hydrogen) atoms. The van der Waals surface area contributed by atoms with Crippen LogP contribution in [0.25, 0.3) is 5.65 Å². The van der Waals surface area contributed by atoms with Gasteiger partial charge < -0.3 is 9.84 Å². The molecule has 2 aromatic rings. The number of aromatic carboxylic acids is 1. The Morgan fingerprint density at radius 2 is 2.33 bits per heavy atom.